The number of allylic oxidation sites excluding steroid dienone is 1. The average Bonchev–Trinajstić information content (AvgIpc) is 3.15. The molecule has 2 saturated heterocycles. The average molecular weight is 450 g/mol. The molecule has 2 fully saturated rings. The topological polar surface area (TPSA) is 83.1 Å². The minimum absolute atomic E-state index is 0.238. The Morgan fingerprint density at radius 1 is 0.848 bits per heavy atom. The lowest BCUT2D eigenvalue weighted by atomic mass is 9.71. The highest BCUT2D eigenvalue weighted by atomic mass is 16.7. The fourth-order valence-corrected chi connectivity index (χ4v) is 5.01. The minimum atomic E-state index is -0.700. The molecule has 2 amide bonds. The molecule has 33 heavy (non-hydrogen) atoms. The molecule has 5 rings (SSSR count). The van der Waals surface area contributed by atoms with Gasteiger partial charge in [-0.25, -0.2) is 0 Å². The van der Waals surface area contributed by atoms with Gasteiger partial charge in [0.1, 0.15) is 18.0 Å². The number of carbonyl (C=O) groups excluding carboxylic acids is 2. The zero-order valence-corrected chi connectivity index (χ0v) is 18.4. The van der Waals surface area contributed by atoms with E-state index in [2.05, 4.69) is 5.32 Å². The van der Waals surface area contributed by atoms with Crippen LogP contribution in [0.1, 0.15) is 17.5 Å². The van der Waals surface area contributed by atoms with Gasteiger partial charge in [-0.1, -0.05) is 60.7 Å². The van der Waals surface area contributed by atoms with Crippen molar-refractivity contribution in [3.05, 3.63) is 83.6 Å². The maximum absolute atomic E-state index is 12.8. The van der Waals surface area contributed by atoms with Gasteiger partial charge in [0, 0.05) is 7.11 Å². The molecule has 0 saturated carbocycles. The summed E-state index contributed by atoms with van der Waals surface area (Å²) in [6.07, 6.45) is 0.508. The fourth-order valence-electron chi connectivity index (χ4n) is 5.01. The second-order valence-electron chi connectivity index (χ2n) is 8.60. The summed E-state index contributed by atoms with van der Waals surface area (Å²) in [4.78, 5) is 25.2. The summed E-state index contributed by atoms with van der Waals surface area (Å²) in [6, 6.07) is 19.6. The number of ether oxygens (including phenoxy) is 4. The quantitative estimate of drug-likeness (QED) is 0.655. The molecule has 2 aromatic rings. The fraction of sp³-hybridized carbons (Fsp3) is 0.385. The van der Waals surface area contributed by atoms with Crippen LogP contribution in [0, 0.1) is 17.8 Å². The SMILES string of the molecule is CO[C@@H]1OC2=CC[C@H]3C(=O)NC(=O)[C@@H]3[C@H]2[C@@H](OCc2ccccc2)[C@@H]1OCc1ccccc1. The van der Waals surface area contributed by atoms with Crippen LogP contribution in [0.25, 0.3) is 0 Å². The van der Waals surface area contributed by atoms with Gasteiger partial charge in [-0.2, -0.15) is 0 Å². The predicted octanol–water partition coefficient (Wildman–Crippen LogP) is 2.95. The maximum atomic E-state index is 12.8. The minimum Gasteiger partial charge on any atom is -0.466 e. The largest absolute Gasteiger partial charge is 0.466 e. The molecule has 3 aliphatic rings. The zero-order chi connectivity index (χ0) is 22.8. The third-order valence-corrected chi connectivity index (χ3v) is 6.61. The molecule has 0 aromatic heterocycles. The smallest absolute Gasteiger partial charge is 0.231 e. The van der Waals surface area contributed by atoms with E-state index in [1.54, 1.807) is 7.11 Å². The molecule has 7 nitrogen and oxygen atoms in total. The number of fused-ring (bicyclic) bond motifs is 3. The van der Waals surface area contributed by atoms with Gasteiger partial charge >= 0.3 is 0 Å². The van der Waals surface area contributed by atoms with E-state index < -0.39 is 36.3 Å². The van der Waals surface area contributed by atoms with Crippen molar-refractivity contribution >= 4 is 11.8 Å². The summed E-state index contributed by atoms with van der Waals surface area (Å²) < 4.78 is 24.6. The van der Waals surface area contributed by atoms with Gasteiger partial charge in [-0.15, -0.1) is 0 Å². The first-order chi connectivity index (χ1) is 16.2. The molecule has 172 valence electrons. The van der Waals surface area contributed by atoms with Crippen LogP contribution in [0.2, 0.25) is 0 Å². The first-order valence-corrected chi connectivity index (χ1v) is 11.2. The van der Waals surface area contributed by atoms with Gasteiger partial charge in [0.05, 0.1) is 31.0 Å². The van der Waals surface area contributed by atoms with Gasteiger partial charge in [0.2, 0.25) is 18.1 Å². The first kappa shape index (κ1) is 21.8. The lowest BCUT2D eigenvalue weighted by Crippen LogP contribution is -2.56. The van der Waals surface area contributed by atoms with E-state index in [0.717, 1.165) is 11.1 Å². The molecule has 1 N–H and O–H groups in total. The van der Waals surface area contributed by atoms with Crippen LogP contribution < -0.4 is 5.32 Å². The normalized spacial score (nSPS) is 30.6. The molecule has 0 unspecified atom stereocenters. The molecule has 2 aromatic carbocycles. The highest BCUT2D eigenvalue weighted by molar-refractivity contribution is 6.05. The third-order valence-electron chi connectivity index (χ3n) is 6.61. The summed E-state index contributed by atoms with van der Waals surface area (Å²) in [5, 5.41) is 2.49. The van der Waals surface area contributed by atoms with Crippen molar-refractivity contribution in [3.63, 3.8) is 0 Å². The number of methoxy groups -OCH3 is 1. The van der Waals surface area contributed by atoms with E-state index in [4.69, 9.17) is 18.9 Å². The molecule has 1 aliphatic carbocycles. The van der Waals surface area contributed by atoms with Crippen LogP contribution in [0.3, 0.4) is 0 Å². The standard InChI is InChI=1S/C26H27NO6/c1-30-26-23(32-15-17-10-6-3-7-11-17)22(31-14-16-8-4-2-5-9-16)21-19(33-26)13-12-18-20(21)25(29)27-24(18)28/h2-11,13,18,20-23,26H,12,14-15H2,1H3,(H,27,28,29)/t18-,20+,21+,22-,23+,26-/m1/s1. The molecule has 7 heteroatoms. The van der Waals surface area contributed by atoms with Crippen LogP contribution in [0.15, 0.2) is 72.5 Å². The van der Waals surface area contributed by atoms with Crippen molar-refractivity contribution in [1.29, 1.82) is 0 Å². The molecule has 2 heterocycles. The highest BCUT2D eigenvalue weighted by Gasteiger charge is 2.57. The molecular weight excluding hydrogens is 422 g/mol. The number of amides is 2. The van der Waals surface area contributed by atoms with Gasteiger partial charge in [0.15, 0.2) is 0 Å². The summed E-state index contributed by atoms with van der Waals surface area (Å²) in [7, 11) is 1.57. The van der Waals surface area contributed by atoms with Crippen LogP contribution in [0.4, 0.5) is 0 Å². The van der Waals surface area contributed by atoms with E-state index in [9.17, 15) is 9.59 Å². The van der Waals surface area contributed by atoms with Gasteiger partial charge in [-0.05, 0) is 23.6 Å². The number of hydrogen-bond donors (Lipinski definition) is 1. The van der Waals surface area contributed by atoms with Gasteiger partial charge in [0.25, 0.3) is 0 Å². The first-order valence-electron chi connectivity index (χ1n) is 11.2. The number of benzene rings is 2. The Morgan fingerprint density at radius 2 is 1.45 bits per heavy atom. The second kappa shape index (κ2) is 9.47. The van der Waals surface area contributed by atoms with E-state index >= 15 is 0 Å². The Bertz CT molecular complexity index is 1020. The Morgan fingerprint density at radius 3 is 2.06 bits per heavy atom. The van der Waals surface area contributed by atoms with Crippen molar-refractivity contribution in [2.45, 2.75) is 38.1 Å². The predicted molar refractivity (Wildman–Crippen MR) is 118 cm³/mol. The number of hydrogen-bond acceptors (Lipinski definition) is 6. The monoisotopic (exact) mass is 449 g/mol. The summed E-state index contributed by atoms with van der Waals surface area (Å²) in [5.41, 5.74) is 2.01. The summed E-state index contributed by atoms with van der Waals surface area (Å²) in [6.45, 7) is 0.675. The van der Waals surface area contributed by atoms with Gasteiger partial charge < -0.3 is 18.9 Å². The van der Waals surface area contributed by atoms with Crippen molar-refractivity contribution in [3.8, 4) is 0 Å². The molecule has 0 bridgehead atoms. The molecular formula is C26H27NO6. The highest BCUT2D eigenvalue weighted by Crippen LogP contribution is 2.46. The summed E-state index contributed by atoms with van der Waals surface area (Å²) in [5.74, 6) is -1.31. The lowest BCUT2D eigenvalue weighted by Gasteiger charge is -2.46. The van der Waals surface area contributed by atoms with Crippen molar-refractivity contribution in [1.82, 2.24) is 5.32 Å². The van der Waals surface area contributed by atoms with Crippen LogP contribution >= 0.6 is 0 Å². The van der Waals surface area contributed by atoms with Crippen molar-refractivity contribution in [2.75, 3.05) is 7.11 Å². The zero-order valence-electron chi connectivity index (χ0n) is 18.4. The van der Waals surface area contributed by atoms with Crippen molar-refractivity contribution in [2.24, 2.45) is 17.8 Å². The Labute approximate surface area is 192 Å². The maximum Gasteiger partial charge on any atom is 0.231 e. The Balaban J connectivity index is 1.46. The van der Waals surface area contributed by atoms with Crippen LogP contribution in [0.5, 0.6) is 0 Å². The number of imide groups is 1. The van der Waals surface area contributed by atoms with E-state index in [-0.39, 0.29) is 11.8 Å². The van der Waals surface area contributed by atoms with E-state index in [1.165, 1.54) is 0 Å². The van der Waals surface area contributed by atoms with Crippen LogP contribution in [-0.4, -0.2) is 37.4 Å². The number of rotatable bonds is 7. The van der Waals surface area contributed by atoms with Crippen LogP contribution in [-0.2, 0) is 41.8 Å². The molecule has 0 radical (unpaired) electrons. The number of nitrogens with one attached hydrogen (secondary N) is 1. The van der Waals surface area contributed by atoms with E-state index in [0.29, 0.717) is 25.4 Å². The second-order valence-corrected chi connectivity index (χ2v) is 8.60. The Kier molecular flexibility index (Phi) is 6.26. The Hall–Kier alpha value is -3.00. The number of carbonyl (C=O) groups is 2. The molecule has 0 spiro atoms. The lowest BCUT2D eigenvalue weighted by molar-refractivity contribution is -0.260. The van der Waals surface area contributed by atoms with Gasteiger partial charge in [-0.3, -0.25) is 14.9 Å². The molecule has 2 aliphatic heterocycles. The third kappa shape index (κ3) is 4.31. The molecule has 6 atom stereocenters. The summed E-state index contributed by atoms with van der Waals surface area (Å²) >= 11 is 0. The van der Waals surface area contributed by atoms with E-state index in [1.807, 2.05) is 66.7 Å². The van der Waals surface area contributed by atoms with Crippen molar-refractivity contribution < 1.29 is 28.5 Å².